The van der Waals surface area contributed by atoms with E-state index in [1.807, 2.05) is 27.7 Å². The molecule has 0 aromatic carbocycles. The van der Waals surface area contributed by atoms with Crippen molar-refractivity contribution in [2.45, 2.75) is 46.1 Å². The van der Waals surface area contributed by atoms with E-state index in [1.165, 1.54) is 0 Å². The Kier molecular flexibility index (Phi) is 5.46. The van der Waals surface area contributed by atoms with Gasteiger partial charge >= 0.3 is 6.16 Å². The highest BCUT2D eigenvalue weighted by Crippen LogP contribution is 2.13. The number of hydrogen-bond donors (Lipinski definition) is 0. The van der Waals surface area contributed by atoms with Crippen molar-refractivity contribution in [3.05, 3.63) is 0 Å². The molecule has 4 heteroatoms. The van der Waals surface area contributed by atoms with Gasteiger partial charge < -0.3 is 4.74 Å². The highest BCUT2D eigenvalue weighted by atomic mass is 17.2. The maximum absolute atomic E-state index is 10.8. The van der Waals surface area contributed by atoms with Crippen LogP contribution < -0.4 is 0 Å². The van der Waals surface area contributed by atoms with Crippen molar-refractivity contribution >= 4 is 6.16 Å². The Labute approximate surface area is 79.1 Å². The molecule has 0 aliphatic rings. The van der Waals surface area contributed by atoms with Gasteiger partial charge in [0.2, 0.25) is 0 Å². The van der Waals surface area contributed by atoms with Gasteiger partial charge in [-0.05, 0) is 26.7 Å². The van der Waals surface area contributed by atoms with Gasteiger partial charge in [-0.15, -0.1) is 0 Å². The van der Waals surface area contributed by atoms with Gasteiger partial charge in [-0.1, -0.05) is 13.8 Å². The summed E-state index contributed by atoms with van der Waals surface area (Å²) in [4.78, 5) is 20.1. The number of hydrogen-bond acceptors (Lipinski definition) is 4. The lowest BCUT2D eigenvalue weighted by Gasteiger charge is -2.19. The van der Waals surface area contributed by atoms with E-state index in [4.69, 9.17) is 4.89 Å². The second-order valence-electron chi connectivity index (χ2n) is 3.38. The number of carbonyl (C=O) groups excluding carboxylic acids is 1. The van der Waals surface area contributed by atoms with Gasteiger partial charge in [0.05, 0.1) is 6.61 Å². The third kappa shape index (κ3) is 6.40. The summed E-state index contributed by atoms with van der Waals surface area (Å²) in [6, 6.07) is 0. The lowest BCUT2D eigenvalue weighted by Crippen LogP contribution is -2.25. The summed E-state index contributed by atoms with van der Waals surface area (Å²) in [7, 11) is 0. The van der Waals surface area contributed by atoms with Crippen LogP contribution in [0.15, 0.2) is 0 Å². The first-order valence-corrected chi connectivity index (χ1v) is 4.54. The molecular formula is C9H18O4. The minimum atomic E-state index is -0.775. The number of ether oxygens (including phenoxy) is 1. The molecule has 13 heavy (non-hydrogen) atoms. The molecular weight excluding hydrogens is 172 g/mol. The molecule has 0 atom stereocenters. The normalized spacial score (nSPS) is 11.1. The molecule has 0 aromatic rings. The lowest BCUT2D eigenvalue weighted by molar-refractivity contribution is -0.317. The minimum Gasteiger partial charge on any atom is -0.432 e. The summed E-state index contributed by atoms with van der Waals surface area (Å²) >= 11 is 0. The minimum absolute atomic E-state index is 0.356. The van der Waals surface area contributed by atoms with Crippen LogP contribution in [0.25, 0.3) is 0 Å². The molecule has 0 saturated carbocycles. The van der Waals surface area contributed by atoms with Crippen molar-refractivity contribution in [1.82, 2.24) is 0 Å². The van der Waals surface area contributed by atoms with E-state index >= 15 is 0 Å². The molecule has 0 aliphatic carbocycles. The van der Waals surface area contributed by atoms with Gasteiger partial charge in [0.15, 0.2) is 0 Å². The summed E-state index contributed by atoms with van der Waals surface area (Å²) in [6.45, 7) is 7.87. The topological polar surface area (TPSA) is 44.8 Å². The molecule has 78 valence electrons. The van der Waals surface area contributed by atoms with E-state index in [0.717, 1.165) is 12.8 Å². The maximum Gasteiger partial charge on any atom is 0.540 e. The molecule has 4 nitrogen and oxygen atoms in total. The largest absolute Gasteiger partial charge is 0.540 e. The van der Waals surface area contributed by atoms with Gasteiger partial charge in [0.1, 0.15) is 5.60 Å². The molecule has 0 aliphatic heterocycles. The van der Waals surface area contributed by atoms with Crippen LogP contribution in [0.3, 0.4) is 0 Å². The third-order valence-corrected chi connectivity index (χ3v) is 1.61. The first-order valence-electron chi connectivity index (χ1n) is 4.54. The molecule has 0 N–H and O–H groups in total. The van der Waals surface area contributed by atoms with Crippen LogP contribution in [0.2, 0.25) is 0 Å². The molecule has 0 radical (unpaired) electrons. The first-order chi connectivity index (χ1) is 6.02. The van der Waals surface area contributed by atoms with Crippen molar-refractivity contribution in [3.8, 4) is 0 Å². The van der Waals surface area contributed by atoms with Crippen molar-refractivity contribution in [2.75, 3.05) is 6.61 Å². The molecule has 0 fully saturated rings. The van der Waals surface area contributed by atoms with E-state index < -0.39 is 11.8 Å². The van der Waals surface area contributed by atoms with E-state index in [9.17, 15) is 4.79 Å². The van der Waals surface area contributed by atoms with Crippen molar-refractivity contribution < 1.29 is 19.3 Å². The first kappa shape index (κ1) is 12.2. The second kappa shape index (κ2) is 5.80. The van der Waals surface area contributed by atoms with Gasteiger partial charge in [0, 0.05) is 0 Å². The maximum atomic E-state index is 10.8. The van der Waals surface area contributed by atoms with Crippen LogP contribution >= 0.6 is 0 Å². The molecule has 0 saturated heterocycles. The van der Waals surface area contributed by atoms with Crippen LogP contribution in [0, 0.1) is 0 Å². The molecule has 0 aromatic heterocycles. The fraction of sp³-hybridized carbons (Fsp3) is 0.889. The summed E-state index contributed by atoms with van der Waals surface area (Å²) in [5, 5.41) is 0. The van der Waals surface area contributed by atoms with Crippen molar-refractivity contribution in [1.29, 1.82) is 0 Å². The number of carbonyl (C=O) groups is 1. The average Bonchev–Trinajstić information content (AvgIpc) is 2.11. The van der Waals surface area contributed by atoms with Gasteiger partial charge in [-0.3, -0.25) is 4.89 Å². The predicted octanol–water partition coefficient (Wildman–Crippen LogP) is 2.67. The molecule has 0 spiro atoms. The Morgan fingerprint density at radius 1 is 1.31 bits per heavy atom. The van der Waals surface area contributed by atoms with E-state index in [0.29, 0.717) is 6.61 Å². The second-order valence-corrected chi connectivity index (χ2v) is 3.38. The van der Waals surface area contributed by atoms with Crippen LogP contribution in [0.5, 0.6) is 0 Å². The molecule has 0 heterocycles. The molecule has 0 bridgehead atoms. The van der Waals surface area contributed by atoms with E-state index in [1.54, 1.807) is 0 Å². The zero-order chi connectivity index (χ0) is 10.3. The standard InChI is InChI=1S/C9H18O4/c1-5-7-11-8(10)12-13-9(3,4)6-2/h5-7H2,1-4H3. The summed E-state index contributed by atoms with van der Waals surface area (Å²) < 4.78 is 4.64. The Bertz CT molecular complexity index is 154. The molecule has 0 rings (SSSR count). The molecule has 0 unspecified atom stereocenters. The Hall–Kier alpha value is -0.770. The number of rotatable bonds is 5. The van der Waals surface area contributed by atoms with Crippen LogP contribution in [0.4, 0.5) is 4.79 Å². The predicted molar refractivity (Wildman–Crippen MR) is 48.2 cm³/mol. The SMILES string of the molecule is CCCOC(=O)OOC(C)(C)CC. The highest BCUT2D eigenvalue weighted by Gasteiger charge is 2.19. The van der Waals surface area contributed by atoms with Crippen LogP contribution in [-0.2, 0) is 14.5 Å². The van der Waals surface area contributed by atoms with Gasteiger partial charge in [0.25, 0.3) is 0 Å². The van der Waals surface area contributed by atoms with Gasteiger partial charge in [-0.25, -0.2) is 4.79 Å². The van der Waals surface area contributed by atoms with E-state index in [-0.39, 0.29) is 0 Å². The fourth-order valence-electron chi connectivity index (χ4n) is 0.415. The highest BCUT2D eigenvalue weighted by molar-refractivity contribution is 5.58. The summed E-state index contributed by atoms with van der Waals surface area (Å²) in [5.74, 6) is 0. The Balaban J connectivity index is 3.57. The lowest BCUT2D eigenvalue weighted by atomic mass is 10.1. The monoisotopic (exact) mass is 190 g/mol. The Morgan fingerprint density at radius 3 is 2.38 bits per heavy atom. The Morgan fingerprint density at radius 2 is 1.92 bits per heavy atom. The fourth-order valence-corrected chi connectivity index (χ4v) is 0.415. The summed E-state index contributed by atoms with van der Waals surface area (Å²) in [5.41, 5.74) is -0.453. The van der Waals surface area contributed by atoms with Crippen molar-refractivity contribution in [2.24, 2.45) is 0 Å². The zero-order valence-corrected chi connectivity index (χ0v) is 8.75. The molecule has 0 amide bonds. The smallest absolute Gasteiger partial charge is 0.432 e. The van der Waals surface area contributed by atoms with Crippen LogP contribution in [0.1, 0.15) is 40.5 Å². The average molecular weight is 190 g/mol. The van der Waals surface area contributed by atoms with Crippen LogP contribution in [-0.4, -0.2) is 18.4 Å². The quantitative estimate of drug-likeness (QED) is 0.380. The van der Waals surface area contributed by atoms with E-state index in [2.05, 4.69) is 9.62 Å². The summed E-state index contributed by atoms with van der Waals surface area (Å²) in [6.07, 6.45) is 0.753. The van der Waals surface area contributed by atoms with Crippen molar-refractivity contribution in [3.63, 3.8) is 0 Å². The third-order valence-electron chi connectivity index (χ3n) is 1.61. The van der Waals surface area contributed by atoms with Gasteiger partial charge in [-0.2, -0.15) is 4.89 Å². The zero-order valence-electron chi connectivity index (χ0n) is 8.75.